The number of aromatic nitrogens is 1. The second-order valence-corrected chi connectivity index (χ2v) is 14.4. The number of pyridine rings is 1. The molecule has 12 heteroatoms. The highest BCUT2D eigenvalue weighted by molar-refractivity contribution is 5.86. The summed E-state index contributed by atoms with van der Waals surface area (Å²) in [6, 6.07) is 3.96. The number of likely N-dealkylation sites (tertiary alicyclic amines) is 1. The van der Waals surface area contributed by atoms with Crippen molar-refractivity contribution in [2.24, 2.45) is 11.8 Å². The van der Waals surface area contributed by atoms with E-state index < -0.39 is 53.5 Å². The van der Waals surface area contributed by atoms with Gasteiger partial charge in [-0.25, -0.2) is 28.3 Å². The Morgan fingerprint density at radius 2 is 1.76 bits per heavy atom. The van der Waals surface area contributed by atoms with Crippen molar-refractivity contribution in [2.45, 2.75) is 153 Å². The van der Waals surface area contributed by atoms with Crippen LogP contribution in [-0.4, -0.2) is 55.8 Å². The van der Waals surface area contributed by atoms with Crippen LogP contribution in [0.5, 0.6) is 0 Å². The molecule has 8 nitrogen and oxygen atoms in total. The fourth-order valence-corrected chi connectivity index (χ4v) is 8.04. The largest absolute Gasteiger partial charge is 0.465 e. The molecule has 0 spiro atoms. The van der Waals surface area contributed by atoms with Crippen molar-refractivity contribution >= 4 is 17.0 Å². The smallest absolute Gasteiger partial charge is 0.407 e. The summed E-state index contributed by atoms with van der Waals surface area (Å²) in [6.45, 7) is 8.13. The molecule has 288 valence electrons. The molecule has 1 saturated heterocycles. The lowest BCUT2D eigenvalue weighted by Crippen LogP contribution is -2.46. The number of nitrogens with zero attached hydrogens (tertiary/aromatic N) is 2. The van der Waals surface area contributed by atoms with Crippen molar-refractivity contribution in [3.8, 4) is 0 Å². The molecule has 4 fully saturated rings. The van der Waals surface area contributed by atoms with Crippen LogP contribution in [0, 0.1) is 11.8 Å². The van der Waals surface area contributed by atoms with Gasteiger partial charge in [-0.2, -0.15) is 8.78 Å². The molecule has 3 saturated carbocycles. The van der Waals surface area contributed by atoms with Crippen molar-refractivity contribution in [3.05, 3.63) is 53.7 Å². The summed E-state index contributed by atoms with van der Waals surface area (Å²) in [4.78, 5) is 27.7. The van der Waals surface area contributed by atoms with E-state index >= 15 is 0 Å². The quantitative estimate of drug-likeness (QED) is 0.0589. The molecule has 5 unspecified atom stereocenters. The Bertz CT molecular complexity index is 1450. The fourth-order valence-electron chi connectivity index (χ4n) is 8.04. The average Bonchev–Trinajstić information content (AvgIpc) is 3.36. The fraction of sp³-hybridized carbons (Fsp3) is 0.692. The van der Waals surface area contributed by atoms with Gasteiger partial charge in [-0.15, -0.1) is 6.58 Å². The van der Waals surface area contributed by atoms with Crippen LogP contribution in [0.3, 0.4) is 0 Å². The molecule has 1 aliphatic heterocycles. The van der Waals surface area contributed by atoms with Crippen molar-refractivity contribution < 1.29 is 48.9 Å². The summed E-state index contributed by atoms with van der Waals surface area (Å²) in [5.74, 6) is -6.71. The van der Waals surface area contributed by atoms with Gasteiger partial charge in [-0.1, -0.05) is 63.8 Å². The van der Waals surface area contributed by atoms with E-state index in [1.165, 1.54) is 44.2 Å². The van der Waals surface area contributed by atoms with Crippen molar-refractivity contribution in [2.75, 3.05) is 6.54 Å². The van der Waals surface area contributed by atoms with Crippen LogP contribution >= 0.6 is 0 Å². The maximum atomic E-state index is 14.7. The molecule has 1 aromatic heterocycles. The number of allylic oxidation sites excluding steroid dienone is 1. The van der Waals surface area contributed by atoms with Gasteiger partial charge >= 0.3 is 6.09 Å². The van der Waals surface area contributed by atoms with Crippen LogP contribution in [0.25, 0.3) is 10.9 Å². The highest BCUT2D eigenvalue weighted by Crippen LogP contribution is 2.48. The standard InChI is InChI=1S/C22H24F4N2O3.C15H26O3.C2H6.H2/c1-3-10-22(25,26)17-12-14(19(29)16-9-4-5-11-28(16)20(30)31)13-7-6-8-15(18(13)27-17)21(2,23)24;16-15(10-9-12-7-8-13(15)11-12)18-17-14-5-3-1-2-4-6-14;1-2;/h3,6-8,12,16,19,29H,1,4-5,9-11H2,2H3,(H,30,31);12-14,16H,1-11H2;1-2H3;1H. The van der Waals surface area contributed by atoms with Gasteiger partial charge in [-0.05, 0) is 75.3 Å². The molecule has 3 aliphatic carbocycles. The highest BCUT2D eigenvalue weighted by Gasteiger charge is 2.48. The summed E-state index contributed by atoms with van der Waals surface area (Å²) in [7, 11) is 0. The minimum Gasteiger partial charge on any atom is -0.465 e. The SMILES string of the molecule is C=CCC(F)(F)c1cc(C(O)C2CCCCN2C(=O)O)c2cccc(C(C)(F)F)c2n1.CC.OC1(OOC2CCCCCC2)CCC2CCC1C2.[HH]. The van der Waals surface area contributed by atoms with Gasteiger partial charge in [0, 0.05) is 44.6 Å². The van der Waals surface area contributed by atoms with Crippen LogP contribution in [0.4, 0.5) is 22.4 Å². The topological polar surface area (TPSA) is 112 Å². The van der Waals surface area contributed by atoms with E-state index in [0.29, 0.717) is 32.1 Å². The zero-order chi connectivity index (χ0) is 37.4. The summed E-state index contributed by atoms with van der Waals surface area (Å²) in [6.07, 6.45) is 11.9. The number of aliphatic hydroxyl groups excluding tert-OH is 1. The normalized spacial score (nSPS) is 26.3. The van der Waals surface area contributed by atoms with E-state index in [-0.39, 0.29) is 30.5 Å². The van der Waals surface area contributed by atoms with Crippen LogP contribution < -0.4 is 0 Å². The zero-order valence-corrected chi connectivity index (χ0v) is 30.3. The lowest BCUT2D eigenvalue weighted by Gasteiger charge is -2.37. The number of carboxylic acid groups (broad SMARTS) is 1. The molecule has 2 heterocycles. The summed E-state index contributed by atoms with van der Waals surface area (Å²) in [5.41, 5.74) is -1.72. The second kappa shape index (κ2) is 17.8. The van der Waals surface area contributed by atoms with Gasteiger partial charge < -0.3 is 20.2 Å². The van der Waals surface area contributed by atoms with Crippen molar-refractivity contribution in [1.82, 2.24) is 9.88 Å². The van der Waals surface area contributed by atoms with Crippen molar-refractivity contribution in [1.29, 1.82) is 0 Å². The lowest BCUT2D eigenvalue weighted by molar-refractivity contribution is -0.454. The van der Waals surface area contributed by atoms with E-state index in [1.54, 1.807) is 0 Å². The molecule has 0 radical (unpaired) electrons. The number of piperidine rings is 1. The number of para-hydroxylation sites is 1. The first-order valence-electron chi connectivity index (χ1n) is 18.8. The van der Waals surface area contributed by atoms with E-state index in [9.17, 15) is 37.7 Å². The van der Waals surface area contributed by atoms with Gasteiger partial charge in [0.15, 0.2) is 0 Å². The maximum absolute atomic E-state index is 14.7. The van der Waals surface area contributed by atoms with Crippen LogP contribution in [0.15, 0.2) is 36.9 Å². The zero-order valence-electron chi connectivity index (χ0n) is 30.3. The third-order valence-corrected chi connectivity index (χ3v) is 10.8. The molecule has 3 N–H and O–H groups in total. The summed E-state index contributed by atoms with van der Waals surface area (Å²) in [5, 5.41) is 31.3. The number of alkyl halides is 4. The molecule has 1 amide bonds. The molecular weight excluding hydrogens is 668 g/mol. The van der Waals surface area contributed by atoms with Crippen molar-refractivity contribution in [3.63, 3.8) is 0 Å². The van der Waals surface area contributed by atoms with Gasteiger partial charge in [0.05, 0.1) is 17.7 Å². The number of hydrogen-bond donors (Lipinski definition) is 3. The second-order valence-electron chi connectivity index (χ2n) is 14.4. The summed E-state index contributed by atoms with van der Waals surface area (Å²) >= 11 is 0. The van der Waals surface area contributed by atoms with E-state index in [4.69, 9.17) is 9.78 Å². The molecular formula is C39H58F4N2O6. The van der Waals surface area contributed by atoms with Gasteiger partial charge in [0.1, 0.15) is 11.8 Å². The lowest BCUT2D eigenvalue weighted by atomic mass is 9.84. The monoisotopic (exact) mass is 726 g/mol. The number of rotatable bonds is 9. The van der Waals surface area contributed by atoms with Gasteiger partial charge in [0.2, 0.25) is 5.79 Å². The van der Waals surface area contributed by atoms with Crippen LogP contribution in [0.1, 0.15) is 141 Å². The van der Waals surface area contributed by atoms with Gasteiger partial charge in [0.25, 0.3) is 11.8 Å². The molecule has 1 aromatic carbocycles. The number of hydrogen-bond acceptors (Lipinski definition) is 6. The highest BCUT2D eigenvalue weighted by atomic mass is 19.3. The Morgan fingerprint density at radius 3 is 2.41 bits per heavy atom. The number of amides is 1. The molecule has 4 aliphatic rings. The van der Waals surface area contributed by atoms with Gasteiger partial charge in [-0.3, -0.25) is 0 Å². The number of aliphatic hydroxyl groups is 2. The first kappa shape index (κ1) is 41.0. The van der Waals surface area contributed by atoms with E-state index in [0.717, 1.165) is 67.6 Å². The Labute approximate surface area is 300 Å². The maximum Gasteiger partial charge on any atom is 0.407 e. The minimum atomic E-state index is -3.50. The minimum absolute atomic E-state index is 0. The Kier molecular flexibility index (Phi) is 14.3. The molecule has 51 heavy (non-hydrogen) atoms. The number of fused-ring (bicyclic) bond motifs is 3. The first-order valence-corrected chi connectivity index (χ1v) is 18.8. The molecule has 6 rings (SSSR count). The summed E-state index contributed by atoms with van der Waals surface area (Å²) < 4.78 is 57.8. The number of halogens is 4. The first-order chi connectivity index (χ1) is 24.2. The molecule has 5 atom stereocenters. The number of carbonyl (C=O) groups is 1. The van der Waals surface area contributed by atoms with E-state index in [1.807, 2.05) is 13.8 Å². The Morgan fingerprint density at radius 1 is 1.08 bits per heavy atom. The Hall–Kier alpha value is -2.80. The Balaban J connectivity index is 0.000000294. The van der Waals surface area contributed by atoms with Crippen LogP contribution in [0.2, 0.25) is 0 Å². The third kappa shape index (κ3) is 10.00. The number of benzene rings is 1. The predicted molar refractivity (Wildman–Crippen MR) is 189 cm³/mol. The average molecular weight is 727 g/mol. The molecule has 2 bridgehead atoms. The third-order valence-electron chi connectivity index (χ3n) is 10.8. The predicted octanol–water partition coefficient (Wildman–Crippen LogP) is 10.4. The van der Waals surface area contributed by atoms with Crippen LogP contribution in [-0.2, 0) is 21.6 Å². The van der Waals surface area contributed by atoms with E-state index in [2.05, 4.69) is 11.6 Å². The molecule has 2 aromatic rings.